The van der Waals surface area contributed by atoms with Crippen LogP contribution in [0, 0.1) is 5.92 Å². The Hall–Kier alpha value is -1.73. The molecule has 1 aromatic carbocycles. The van der Waals surface area contributed by atoms with Crippen LogP contribution in [-0.4, -0.2) is 51.0 Å². The van der Waals surface area contributed by atoms with Crippen LogP contribution in [0.1, 0.15) is 80.2 Å². The normalized spacial score (nSPS) is 15.3. The summed E-state index contributed by atoms with van der Waals surface area (Å²) in [6.07, 6.45) is 3.98. The van der Waals surface area contributed by atoms with Gasteiger partial charge in [-0.05, 0) is 66.9 Å². The average Bonchev–Trinajstić information content (AvgIpc) is 2.71. The molecule has 1 rings (SSSR count). The van der Waals surface area contributed by atoms with E-state index in [4.69, 9.17) is 9.47 Å². The maximum atomic E-state index is 13.2. The standard InChI is InChI=1S/C26H44N2O4S/c1-9-10-18-31-20-23(16-17-27-33(30)26(6,7)8)21(2)28(24(29)32-25(3,4)5)19-22-14-12-11-13-15-22/h11-15,17,21,23H,9-10,16,18-20H2,1-8H3/t21-,23+,33-/m1/s1. The van der Waals surface area contributed by atoms with E-state index >= 15 is 0 Å². The molecule has 0 heterocycles. The van der Waals surface area contributed by atoms with Crippen molar-refractivity contribution < 1.29 is 18.5 Å². The Kier molecular flexibility index (Phi) is 12.3. The zero-order chi connectivity index (χ0) is 25.1. The van der Waals surface area contributed by atoms with Gasteiger partial charge in [0.15, 0.2) is 0 Å². The molecule has 0 aliphatic heterocycles. The number of ether oxygens (including phenoxy) is 2. The molecule has 0 aliphatic carbocycles. The molecule has 0 saturated carbocycles. The van der Waals surface area contributed by atoms with Gasteiger partial charge in [0.2, 0.25) is 0 Å². The predicted octanol–water partition coefficient (Wildman–Crippen LogP) is 6.17. The van der Waals surface area contributed by atoms with Crippen molar-refractivity contribution in [2.24, 2.45) is 10.3 Å². The minimum Gasteiger partial charge on any atom is -0.444 e. The van der Waals surface area contributed by atoms with Crippen LogP contribution in [0.3, 0.4) is 0 Å². The molecule has 0 spiro atoms. The zero-order valence-corrected chi connectivity index (χ0v) is 22.6. The number of hydrogen-bond acceptors (Lipinski definition) is 4. The minimum atomic E-state index is -1.32. The first kappa shape index (κ1) is 29.3. The summed E-state index contributed by atoms with van der Waals surface area (Å²) in [6, 6.07) is 9.73. The van der Waals surface area contributed by atoms with Crippen molar-refractivity contribution in [2.45, 2.75) is 97.6 Å². The Morgan fingerprint density at radius 1 is 1.15 bits per heavy atom. The molecule has 0 saturated heterocycles. The van der Waals surface area contributed by atoms with E-state index in [2.05, 4.69) is 11.3 Å². The number of nitrogens with zero attached hydrogens (tertiary/aromatic N) is 2. The molecule has 33 heavy (non-hydrogen) atoms. The number of benzene rings is 1. The molecule has 0 bridgehead atoms. The van der Waals surface area contributed by atoms with Crippen LogP contribution in [0.25, 0.3) is 0 Å². The maximum absolute atomic E-state index is 13.2. The van der Waals surface area contributed by atoms with E-state index in [1.54, 1.807) is 11.1 Å². The third-order valence-corrected chi connectivity index (χ3v) is 6.46. The molecule has 0 aromatic heterocycles. The number of amides is 1. The summed E-state index contributed by atoms with van der Waals surface area (Å²) in [4.78, 5) is 14.9. The second-order valence-electron chi connectivity index (χ2n) is 10.4. The first-order valence-corrected chi connectivity index (χ1v) is 13.0. The summed E-state index contributed by atoms with van der Waals surface area (Å²) in [5.74, 6) is -0.0150. The van der Waals surface area contributed by atoms with Crippen LogP contribution < -0.4 is 0 Å². The number of rotatable bonds is 12. The van der Waals surface area contributed by atoms with Gasteiger partial charge in [-0.2, -0.15) is 4.40 Å². The molecular formula is C26H44N2O4S. The summed E-state index contributed by atoms with van der Waals surface area (Å²) in [5.41, 5.74) is 0.438. The van der Waals surface area contributed by atoms with E-state index < -0.39 is 21.3 Å². The molecule has 0 N–H and O–H groups in total. The van der Waals surface area contributed by atoms with Gasteiger partial charge < -0.3 is 14.4 Å². The van der Waals surface area contributed by atoms with Gasteiger partial charge in [-0.1, -0.05) is 43.7 Å². The van der Waals surface area contributed by atoms with Gasteiger partial charge in [0.1, 0.15) is 16.6 Å². The molecule has 7 heteroatoms. The van der Waals surface area contributed by atoms with Crippen LogP contribution >= 0.6 is 0 Å². The lowest BCUT2D eigenvalue weighted by molar-refractivity contribution is 0.000447. The van der Waals surface area contributed by atoms with Gasteiger partial charge in [0, 0.05) is 31.3 Å². The summed E-state index contributed by atoms with van der Waals surface area (Å²) in [7, 11) is -1.32. The lowest BCUT2D eigenvalue weighted by Crippen LogP contribution is -2.46. The molecule has 188 valence electrons. The van der Waals surface area contributed by atoms with Gasteiger partial charge >= 0.3 is 6.09 Å². The van der Waals surface area contributed by atoms with Gasteiger partial charge in [0.05, 0.1) is 11.4 Å². The SMILES string of the molecule is CCCCOC[C@H](CC=N[S@](=O)C(C)(C)C)[C@@H](C)N(Cc1ccccc1)C(=O)OC(C)(C)C. The minimum absolute atomic E-state index is 0.0150. The first-order valence-electron chi connectivity index (χ1n) is 11.9. The number of carbonyl (C=O) groups is 1. The van der Waals surface area contributed by atoms with E-state index in [0.717, 1.165) is 18.4 Å². The Morgan fingerprint density at radius 3 is 2.33 bits per heavy atom. The van der Waals surface area contributed by atoms with Gasteiger partial charge in [-0.3, -0.25) is 0 Å². The van der Waals surface area contributed by atoms with Crippen molar-refractivity contribution in [2.75, 3.05) is 13.2 Å². The van der Waals surface area contributed by atoms with Crippen molar-refractivity contribution in [1.29, 1.82) is 0 Å². The average molecular weight is 481 g/mol. The molecule has 0 radical (unpaired) electrons. The van der Waals surface area contributed by atoms with Crippen LogP contribution in [0.4, 0.5) is 4.79 Å². The van der Waals surface area contributed by atoms with Gasteiger partial charge in [0.25, 0.3) is 0 Å². The quantitative estimate of drug-likeness (QED) is 0.265. The van der Waals surface area contributed by atoms with Crippen molar-refractivity contribution in [3.05, 3.63) is 35.9 Å². The highest BCUT2D eigenvalue weighted by Crippen LogP contribution is 2.22. The maximum Gasteiger partial charge on any atom is 0.410 e. The van der Waals surface area contributed by atoms with Crippen molar-refractivity contribution in [3.63, 3.8) is 0 Å². The van der Waals surface area contributed by atoms with Crippen LogP contribution in [0.15, 0.2) is 34.7 Å². The number of carbonyl (C=O) groups excluding carboxylic acids is 1. The highest BCUT2D eigenvalue weighted by atomic mass is 32.2. The highest BCUT2D eigenvalue weighted by molar-refractivity contribution is 7.85. The van der Waals surface area contributed by atoms with Gasteiger partial charge in [-0.15, -0.1) is 0 Å². The molecule has 0 fully saturated rings. The van der Waals surface area contributed by atoms with Crippen LogP contribution in [0.2, 0.25) is 0 Å². The van der Waals surface area contributed by atoms with Gasteiger partial charge in [-0.25, -0.2) is 9.00 Å². The molecule has 1 amide bonds. The van der Waals surface area contributed by atoms with Crippen LogP contribution in [0.5, 0.6) is 0 Å². The predicted molar refractivity (Wildman–Crippen MR) is 138 cm³/mol. The van der Waals surface area contributed by atoms with Crippen molar-refractivity contribution in [3.8, 4) is 0 Å². The fourth-order valence-corrected chi connectivity index (χ4v) is 3.56. The van der Waals surface area contributed by atoms with E-state index in [-0.39, 0.29) is 18.1 Å². The van der Waals surface area contributed by atoms with Crippen molar-refractivity contribution >= 4 is 23.3 Å². The number of hydrogen-bond donors (Lipinski definition) is 0. The van der Waals surface area contributed by atoms with E-state index in [1.165, 1.54) is 0 Å². The molecule has 3 atom stereocenters. The molecule has 0 aliphatic rings. The van der Waals surface area contributed by atoms with E-state index in [1.807, 2.05) is 78.8 Å². The smallest absolute Gasteiger partial charge is 0.410 e. The zero-order valence-electron chi connectivity index (χ0n) is 21.8. The lowest BCUT2D eigenvalue weighted by atomic mass is 9.97. The molecule has 6 nitrogen and oxygen atoms in total. The first-order chi connectivity index (χ1) is 15.3. The van der Waals surface area contributed by atoms with Crippen LogP contribution in [-0.2, 0) is 27.0 Å². The topological polar surface area (TPSA) is 68.2 Å². The summed E-state index contributed by atoms with van der Waals surface area (Å²) in [6.45, 7) is 17.1. The Bertz CT molecular complexity index is 754. The highest BCUT2D eigenvalue weighted by Gasteiger charge is 2.31. The third kappa shape index (κ3) is 11.8. The second kappa shape index (κ2) is 13.9. The Morgan fingerprint density at radius 2 is 1.79 bits per heavy atom. The fourth-order valence-electron chi connectivity index (χ4n) is 3.02. The molecular weight excluding hydrogens is 436 g/mol. The monoisotopic (exact) mass is 480 g/mol. The third-order valence-electron chi connectivity index (χ3n) is 5.07. The summed E-state index contributed by atoms with van der Waals surface area (Å²) < 4.78 is 27.9. The summed E-state index contributed by atoms with van der Waals surface area (Å²) >= 11 is 0. The van der Waals surface area contributed by atoms with Crippen molar-refractivity contribution in [1.82, 2.24) is 4.90 Å². The van der Waals surface area contributed by atoms with E-state index in [9.17, 15) is 9.00 Å². The summed E-state index contributed by atoms with van der Waals surface area (Å²) in [5, 5.41) is 0. The van der Waals surface area contributed by atoms with E-state index in [0.29, 0.717) is 26.2 Å². The molecule has 0 unspecified atom stereocenters. The Labute approximate surface area is 203 Å². The second-order valence-corrected chi connectivity index (χ2v) is 12.3. The Balaban J connectivity index is 3.10. The molecule has 1 aromatic rings. The fraction of sp³-hybridized carbons (Fsp3) is 0.692. The largest absolute Gasteiger partial charge is 0.444 e. The lowest BCUT2D eigenvalue weighted by Gasteiger charge is -2.35. The number of unbranched alkanes of at least 4 members (excludes halogenated alkanes) is 1.